The van der Waals surface area contributed by atoms with E-state index in [-0.39, 0.29) is 24.7 Å². The standard InChI is InChI=1S/C14H27N3O4S/c1-12-10-17(11-13(2)21-12)22(19,20)15-7-9-16-8-5-3-4-6-14(16)18/h12-13,15H,3-11H2,1-2H3/t12-,13+. The van der Waals surface area contributed by atoms with Crippen molar-refractivity contribution in [1.29, 1.82) is 0 Å². The van der Waals surface area contributed by atoms with Gasteiger partial charge in [-0.05, 0) is 26.7 Å². The molecule has 0 spiro atoms. The van der Waals surface area contributed by atoms with Crippen LogP contribution < -0.4 is 4.72 Å². The number of nitrogens with zero attached hydrogens (tertiary/aromatic N) is 2. The number of rotatable bonds is 5. The van der Waals surface area contributed by atoms with Crippen molar-refractivity contribution in [2.75, 3.05) is 32.7 Å². The van der Waals surface area contributed by atoms with Gasteiger partial charge in [-0.1, -0.05) is 6.42 Å². The fraction of sp³-hybridized carbons (Fsp3) is 0.929. The zero-order valence-corrected chi connectivity index (χ0v) is 14.3. The molecule has 0 bridgehead atoms. The van der Waals surface area contributed by atoms with Crippen molar-refractivity contribution in [1.82, 2.24) is 13.9 Å². The summed E-state index contributed by atoms with van der Waals surface area (Å²) in [7, 11) is -3.51. The molecular formula is C14H27N3O4S. The number of nitrogens with one attached hydrogen (secondary N) is 1. The summed E-state index contributed by atoms with van der Waals surface area (Å²) in [4.78, 5) is 13.6. The molecule has 0 radical (unpaired) electrons. The van der Waals surface area contributed by atoms with Gasteiger partial charge in [-0.3, -0.25) is 4.79 Å². The molecule has 1 N–H and O–H groups in total. The fourth-order valence-corrected chi connectivity index (χ4v) is 4.35. The second-order valence-electron chi connectivity index (χ2n) is 6.17. The molecule has 2 fully saturated rings. The molecule has 2 saturated heterocycles. The van der Waals surface area contributed by atoms with Gasteiger partial charge in [-0.15, -0.1) is 0 Å². The highest BCUT2D eigenvalue weighted by Gasteiger charge is 2.30. The summed E-state index contributed by atoms with van der Waals surface area (Å²) in [5.74, 6) is 0.130. The summed E-state index contributed by atoms with van der Waals surface area (Å²) in [6.07, 6.45) is 3.37. The molecule has 2 aliphatic rings. The summed E-state index contributed by atoms with van der Waals surface area (Å²) < 4.78 is 34.2. The van der Waals surface area contributed by atoms with Gasteiger partial charge in [0.15, 0.2) is 0 Å². The normalized spacial score (nSPS) is 28.6. The summed E-state index contributed by atoms with van der Waals surface area (Å²) in [5, 5.41) is 0. The van der Waals surface area contributed by atoms with E-state index in [2.05, 4.69) is 4.72 Å². The molecule has 2 heterocycles. The quantitative estimate of drug-likeness (QED) is 0.786. The van der Waals surface area contributed by atoms with Crippen LogP contribution >= 0.6 is 0 Å². The summed E-state index contributed by atoms with van der Waals surface area (Å²) in [6.45, 7) is 5.89. The van der Waals surface area contributed by atoms with Crippen LogP contribution in [0.3, 0.4) is 0 Å². The average Bonchev–Trinajstić information content (AvgIpc) is 2.63. The number of morpholine rings is 1. The lowest BCUT2D eigenvalue weighted by atomic mass is 10.2. The SMILES string of the molecule is C[C@@H]1CN(S(=O)(=O)NCCN2CCCCCC2=O)C[C@H](C)O1. The minimum Gasteiger partial charge on any atom is -0.373 e. The first-order chi connectivity index (χ1) is 10.4. The molecule has 0 aromatic carbocycles. The van der Waals surface area contributed by atoms with Gasteiger partial charge in [0.1, 0.15) is 0 Å². The average molecular weight is 333 g/mol. The third-order valence-corrected chi connectivity index (χ3v) is 5.61. The summed E-state index contributed by atoms with van der Waals surface area (Å²) >= 11 is 0. The van der Waals surface area contributed by atoms with Crippen LogP contribution in [0.15, 0.2) is 0 Å². The first-order valence-corrected chi connectivity index (χ1v) is 9.50. The van der Waals surface area contributed by atoms with Crippen LogP contribution in [-0.2, 0) is 19.7 Å². The lowest BCUT2D eigenvalue weighted by Crippen LogP contribution is -2.52. The van der Waals surface area contributed by atoms with Crippen molar-refractivity contribution in [2.45, 2.75) is 51.7 Å². The number of carbonyl (C=O) groups excluding carboxylic acids is 1. The van der Waals surface area contributed by atoms with E-state index in [1.165, 1.54) is 4.31 Å². The van der Waals surface area contributed by atoms with Crippen molar-refractivity contribution >= 4 is 16.1 Å². The lowest BCUT2D eigenvalue weighted by molar-refractivity contribution is -0.130. The molecule has 22 heavy (non-hydrogen) atoms. The van der Waals surface area contributed by atoms with E-state index in [0.29, 0.717) is 26.1 Å². The minimum atomic E-state index is -3.51. The number of carbonyl (C=O) groups is 1. The topological polar surface area (TPSA) is 79.0 Å². The maximum atomic E-state index is 12.3. The highest BCUT2D eigenvalue weighted by Crippen LogP contribution is 2.14. The predicted octanol–water partition coefficient (Wildman–Crippen LogP) is 0.333. The Morgan fingerprint density at radius 1 is 1.18 bits per heavy atom. The third-order valence-electron chi connectivity index (χ3n) is 4.06. The first-order valence-electron chi connectivity index (χ1n) is 8.06. The van der Waals surface area contributed by atoms with Crippen molar-refractivity contribution in [2.24, 2.45) is 0 Å². The van der Waals surface area contributed by atoms with Gasteiger partial charge in [-0.25, -0.2) is 4.72 Å². The molecule has 0 aliphatic carbocycles. The smallest absolute Gasteiger partial charge is 0.279 e. The van der Waals surface area contributed by atoms with Crippen LogP contribution in [0.2, 0.25) is 0 Å². The van der Waals surface area contributed by atoms with Crippen molar-refractivity contribution < 1.29 is 17.9 Å². The van der Waals surface area contributed by atoms with Gasteiger partial charge in [0.05, 0.1) is 12.2 Å². The van der Waals surface area contributed by atoms with Gasteiger partial charge < -0.3 is 9.64 Å². The van der Waals surface area contributed by atoms with Crippen molar-refractivity contribution in [3.05, 3.63) is 0 Å². The Bertz CT molecular complexity index is 472. The fourth-order valence-electron chi connectivity index (χ4n) is 3.00. The van der Waals surface area contributed by atoms with Crippen LogP contribution in [0.4, 0.5) is 0 Å². The van der Waals surface area contributed by atoms with Gasteiger partial charge >= 0.3 is 0 Å². The zero-order valence-electron chi connectivity index (χ0n) is 13.5. The van der Waals surface area contributed by atoms with E-state index in [0.717, 1.165) is 25.8 Å². The second kappa shape index (κ2) is 7.72. The maximum Gasteiger partial charge on any atom is 0.279 e. The number of hydrogen-bond acceptors (Lipinski definition) is 4. The molecule has 2 atom stereocenters. The highest BCUT2D eigenvalue weighted by molar-refractivity contribution is 7.87. The summed E-state index contributed by atoms with van der Waals surface area (Å²) in [5.41, 5.74) is 0. The largest absolute Gasteiger partial charge is 0.373 e. The van der Waals surface area contributed by atoms with Crippen LogP contribution in [0.1, 0.15) is 39.5 Å². The molecular weight excluding hydrogens is 306 g/mol. The molecule has 1 amide bonds. The van der Waals surface area contributed by atoms with Gasteiger partial charge in [0.2, 0.25) is 5.91 Å². The molecule has 7 nitrogen and oxygen atoms in total. The van der Waals surface area contributed by atoms with Gasteiger partial charge in [0.25, 0.3) is 10.2 Å². The molecule has 128 valence electrons. The number of amides is 1. The minimum absolute atomic E-state index is 0.104. The zero-order chi connectivity index (χ0) is 16.2. The lowest BCUT2D eigenvalue weighted by Gasteiger charge is -2.34. The van der Waals surface area contributed by atoms with Gasteiger partial charge in [0, 0.05) is 39.1 Å². The second-order valence-corrected chi connectivity index (χ2v) is 7.92. The monoisotopic (exact) mass is 333 g/mol. The van der Waals surface area contributed by atoms with Crippen LogP contribution in [-0.4, -0.2) is 68.5 Å². The van der Waals surface area contributed by atoms with Crippen LogP contribution in [0.5, 0.6) is 0 Å². The highest BCUT2D eigenvalue weighted by atomic mass is 32.2. The van der Waals surface area contributed by atoms with Crippen molar-refractivity contribution in [3.63, 3.8) is 0 Å². The van der Waals surface area contributed by atoms with Crippen LogP contribution in [0.25, 0.3) is 0 Å². The summed E-state index contributed by atoms with van der Waals surface area (Å²) in [6, 6.07) is 0. The molecule has 0 aromatic rings. The Labute approximate surface area is 133 Å². The van der Waals surface area contributed by atoms with E-state index < -0.39 is 10.2 Å². The Balaban J connectivity index is 1.83. The van der Waals surface area contributed by atoms with E-state index in [1.807, 2.05) is 13.8 Å². The predicted molar refractivity (Wildman–Crippen MR) is 83.6 cm³/mol. The molecule has 0 saturated carbocycles. The number of ether oxygens (including phenoxy) is 1. The molecule has 0 aromatic heterocycles. The van der Waals surface area contributed by atoms with E-state index in [4.69, 9.17) is 4.74 Å². The van der Waals surface area contributed by atoms with E-state index in [9.17, 15) is 13.2 Å². The van der Waals surface area contributed by atoms with E-state index in [1.54, 1.807) is 4.90 Å². The molecule has 2 aliphatic heterocycles. The van der Waals surface area contributed by atoms with Crippen LogP contribution in [0, 0.1) is 0 Å². The Kier molecular flexibility index (Phi) is 6.19. The first kappa shape index (κ1) is 17.7. The number of likely N-dealkylation sites (tertiary alicyclic amines) is 1. The molecule has 8 heteroatoms. The van der Waals surface area contributed by atoms with Gasteiger partial charge in [-0.2, -0.15) is 12.7 Å². The molecule has 0 unspecified atom stereocenters. The Morgan fingerprint density at radius 3 is 2.55 bits per heavy atom. The van der Waals surface area contributed by atoms with Crippen molar-refractivity contribution in [3.8, 4) is 0 Å². The molecule has 2 rings (SSSR count). The third kappa shape index (κ3) is 4.91. The Morgan fingerprint density at radius 2 is 1.86 bits per heavy atom. The van der Waals surface area contributed by atoms with E-state index >= 15 is 0 Å². The number of hydrogen-bond donors (Lipinski definition) is 1. The Hall–Kier alpha value is -0.700. The maximum absolute atomic E-state index is 12.3.